The van der Waals surface area contributed by atoms with Gasteiger partial charge in [-0.05, 0) is 48.2 Å². The summed E-state index contributed by atoms with van der Waals surface area (Å²) in [4.78, 5) is 0. The van der Waals surface area contributed by atoms with Crippen molar-refractivity contribution in [1.29, 1.82) is 5.26 Å². The van der Waals surface area contributed by atoms with Crippen molar-refractivity contribution in [2.24, 2.45) is 0 Å². The SMILES string of the molecule is CCn1c(-c2ccc(NS(=O)(=O)c3cccs3)cc2)c(C#N)c2ccc(OC)cc21. The molecule has 2 heterocycles. The van der Waals surface area contributed by atoms with Gasteiger partial charge in [0.2, 0.25) is 0 Å². The van der Waals surface area contributed by atoms with E-state index in [4.69, 9.17) is 4.74 Å². The highest BCUT2D eigenvalue weighted by atomic mass is 32.2. The Bertz CT molecular complexity index is 1350. The number of hydrogen-bond acceptors (Lipinski definition) is 5. The van der Waals surface area contributed by atoms with Crippen molar-refractivity contribution in [3.8, 4) is 23.1 Å². The number of nitrogens with one attached hydrogen (secondary N) is 1. The van der Waals surface area contributed by atoms with E-state index in [9.17, 15) is 13.7 Å². The second kappa shape index (κ2) is 7.86. The van der Waals surface area contributed by atoms with Gasteiger partial charge in [0.25, 0.3) is 10.0 Å². The number of rotatable bonds is 6. The van der Waals surface area contributed by atoms with Crippen molar-refractivity contribution < 1.29 is 13.2 Å². The minimum Gasteiger partial charge on any atom is -0.497 e. The molecule has 0 fully saturated rings. The van der Waals surface area contributed by atoms with Gasteiger partial charge in [0, 0.05) is 23.7 Å². The number of nitrogens with zero attached hydrogens (tertiary/aromatic N) is 2. The predicted molar refractivity (Wildman–Crippen MR) is 119 cm³/mol. The Labute approximate surface area is 179 Å². The number of hydrogen-bond donors (Lipinski definition) is 1. The minimum absolute atomic E-state index is 0.262. The predicted octanol–water partition coefficient (Wildman–Crippen LogP) is 5.07. The van der Waals surface area contributed by atoms with E-state index >= 15 is 0 Å². The fourth-order valence-electron chi connectivity index (χ4n) is 3.52. The van der Waals surface area contributed by atoms with Gasteiger partial charge in [-0.3, -0.25) is 4.72 Å². The van der Waals surface area contributed by atoms with Gasteiger partial charge in [-0.15, -0.1) is 11.3 Å². The molecule has 0 saturated carbocycles. The Morgan fingerprint density at radius 2 is 1.93 bits per heavy atom. The third-order valence-corrected chi connectivity index (χ3v) is 7.65. The number of aryl methyl sites for hydroxylation is 1. The first-order chi connectivity index (χ1) is 14.5. The lowest BCUT2D eigenvalue weighted by Gasteiger charge is -2.11. The van der Waals surface area contributed by atoms with Crippen LogP contribution in [0.2, 0.25) is 0 Å². The number of thiophene rings is 1. The van der Waals surface area contributed by atoms with Gasteiger partial charge in [-0.2, -0.15) is 5.26 Å². The van der Waals surface area contributed by atoms with E-state index in [0.717, 1.165) is 39.2 Å². The lowest BCUT2D eigenvalue weighted by atomic mass is 10.1. The molecule has 2 aromatic carbocycles. The third-order valence-electron chi connectivity index (χ3n) is 4.87. The zero-order chi connectivity index (χ0) is 21.3. The Hall–Kier alpha value is -3.28. The first kappa shape index (κ1) is 20.0. The van der Waals surface area contributed by atoms with Crippen LogP contribution in [0.3, 0.4) is 0 Å². The van der Waals surface area contributed by atoms with Gasteiger partial charge < -0.3 is 9.30 Å². The molecule has 4 aromatic rings. The number of anilines is 1. The molecular formula is C22H19N3O3S2. The quantitative estimate of drug-likeness (QED) is 0.456. The van der Waals surface area contributed by atoms with E-state index < -0.39 is 10.0 Å². The average Bonchev–Trinajstić information content (AvgIpc) is 3.40. The largest absolute Gasteiger partial charge is 0.497 e. The Morgan fingerprint density at radius 1 is 1.17 bits per heavy atom. The lowest BCUT2D eigenvalue weighted by Crippen LogP contribution is -2.11. The topological polar surface area (TPSA) is 84.1 Å². The molecule has 0 unspecified atom stereocenters. The maximum atomic E-state index is 12.4. The zero-order valence-electron chi connectivity index (χ0n) is 16.4. The van der Waals surface area contributed by atoms with E-state index in [1.807, 2.05) is 37.3 Å². The molecule has 0 bridgehead atoms. The summed E-state index contributed by atoms with van der Waals surface area (Å²) in [7, 11) is -1.99. The maximum absolute atomic E-state index is 12.4. The van der Waals surface area contributed by atoms with Crippen LogP contribution < -0.4 is 9.46 Å². The average molecular weight is 438 g/mol. The highest BCUT2D eigenvalue weighted by molar-refractivity contribution is 7.94. The Morgan fingerprint density at radius 3 is 2.53 bits per heavy atom. The van der Waals surface area contributed by atoms with Crippen LogP contribution in [-0.2, 0) is 16.6 Å². The van der Waals surface area contributed by atoms with Gasteiger partial charge >= 0.3 is 0 Å². The molecule has 6 nitrogen and oxygen atoms in total. The summed E-state index contributed by atoms with van der Waals surface area (Å²) in [5, 5.41) is 12.4. The molecule has 0 spiro atoms. The van der Waals surface area contributed by atoms with Crippen molar-refractivity contribution in [2.75, 3.05) is 11.8 Å². The van der Waals surface area contributed by atoms with Gasteiger partial charge in [0.05, 0.1) is 23.9 Å². The Balaban J connectivity index is 1.77. The first-order valence-corrected chi connectivity index (χ1v) is 11.6. The van der Waals surface area contributed by atoms with E-state index in [2.05, 4.69) is 15.4 Å². The summed E-state index contributed by atoms with van der Waals surface area (Å²) in [5.41, 5.74) is 3.61. The number of benzene rings is 2. The molecule has 0 saturated heterocycles. The van der Waals surface area contributed by atoms with Crippen molar-refractivity contribution in [3.05, 3.63) is 65.5 Å². The second-order valence-electron chi connectivity index (χ2n) is 6.58. The van der Waals surface area contributed by atoms with Crippen molar-refractivity contribution in [1.82, 2.24) is 4.57 Å². The molecule has 4 rings (SSSR count). The highest BCUT2D eigenvalue weighted by Crippen LogP contribution is 2.35. The second-order valence-corrected chi connectivity index (χ2v) is 9.43. The van der Waals surface area contributed by atoms with Gasteiger partial charge in [0.1, 0.15) is 16.0 Å². The molecule has 0 amide bonds. The van der Waals surface area contributed by atoms with Crippen LogP contribution in [0, 0.1) is 11.3 Å². The summed E-state index contributed by atoms with van der Waals surface area (Å²) in [6.45, 7) is 2.69. The highest BCUT2D eigenvalue weighted by Gasteiger charge is 2.19. The standard InChI is InChI=1S/C22H19N3O3S2/c1-3-25-20-13-17(28-2)10-11-18(20)19(14-23)22(25)15-6-8-16(9-7-15)24-30(26,27)21-5-4-12-29-21/h4-13,24H,3H2,1-2H3. The van der Waals surface area contributed by atoms with Gasteiger partial charge in [0.15, 0.2) is 0 Å². The smallest absolute Gasteiger partial charge is 0.271 e. The van der Waals surface area contributed by atoms with Gasteiger partial charge in [-0.25, -0.2) is 8.42 Å². The molecular weight excluding hydrogens is 418 g/mol. The molecule has 0 aliphatic carbocycles. The van der Waals surface area contributed by atoms with Crippen molar-refractivity contribution >= 4 is 38.0 Å². The summed E-state index contributed by atoms with van der Waals surface area (Å²) < 4.78 is 35.1. The monoisotopic (exact) mass is 437 g/mol. The summed E-state index contributed by atoms with van der Waals surface area (Å²) >= 11 is 1.16. The summed E-state index contributed by atoms with van der Waals surface area (Å²) in [6, 6.07) is 18.3. The number of methoxy groups -OCH3 is 1. The summed E-state index contributed by atoms with van der Waals surface area (Å²) in [6.07, 6.45) is 0. The van der Waals surface area contributed by atoms with Crippen molar-refractivity contribution in [3.63, 3.8) is 0 Å². The van der Waals surface area contributed by atoms with Crippen LogP contribution in [-0.4, -0.2) is 20.1 Å². The fourth-order valence-corrected chi connectivity index (χ4v) is 5.57. The minimum atomic E-state index is -3.60. The molecule has 0 atom stereocenters. The van der Waals surface area contributed by atoms with E-state index in [1.165, 1.54) is 0 Å². The zero-order valence-corrected chi connectivity index (χ0v) is 18.0. The summed E-state index contributed by atoms with van der Waals surface area (Å²) in [5.74, 6) is 0.726. The molecule has 2 aromatic heterocycles. The maximum Gasteiger partial charge on any atom is 0.271 e. The molecule has 0 aliphatic heterocycles. The fraction of sp³-hybridized carbons (Fsp3) is 0.136. The number of aromatic nitrogens is 1. The molecule has 30 heavy (non-hydrogen) atoms. The Kier molecular flexibility index (Phi) is 5.24. The van der Waals surface area contributed by atoms with Crippen LogP contribution >= 0.6 is 11.3 Å². The normalized spacial score (nSPS) is 11.4. The van der Waals surface area contributed by atoms with Crippen LogP contribution in [0.1, 0.15) is 12.5 Å². The number of ether oxygens (including phenoxy) is 1. The number of sulfonamides is 1. The molecule has 0 aliphatic rings. The van der Waals surface area contributed by atoms with E-state index in [0.29, 0.717) is 17.8 Å². The number of fused-ring (bicyclic) bond motifs is 1. The molecule has 152 valence electrons. The van der Waals surface area contributed by atoms with Gasteiger partial charge in [-0.1, -0.05) is 18.2 Å². The van der Waals surface area contributed by atoms with E-state index in [-0.39, 0.29) is 4.21 Å². The van der Waals surface area contributed by atoms with Crippen molar-refractivity contribution in [2.45, 2.75) is 17.7 Å². The van der Waals surface area contributed by atoms with Crippen LogP contribution in [0.15, 0.2) is 64.2 Å². The molecule has 0 radical (unpaired) electrons. The molecule has 8 heteroatoms. The van der Waals surface area contributed by atoms with Crippen LogP contribution in [0.4, 0.5) is 5.69 Å². The molecule has 1 N–H and O–H groups in total. The van der Waals surface area contributed by atoms with Crippen LogP contribution in [0.25, 0.3) is 22.2 Å². The third kappa shape index (κ3) is 3.43. The van der Waals surface area contributed by atoms with Crippen LogP contribution in [0.5, 0.6) is 5.75 Å². The lowest BCUT2D eigenvalue weighted by molar-refractivity contribution is 0.415. The van der Waals surface area contributed by atoms with E-state index in [1.54, 1.807) is 36.8 Å². The number of nitriles is 1. The first-order valence-electron chi connectivity index (χ1n) is 9.25.